The van der Waals surface area contributed by atoms with Gasteiger partial charge in [0.2, 0.25) is 0 Å². The first-order valence-corrected chi connectivity index (χ1v) is 9.23. The molecule has 27 heavy (non-hydrogen) atoms. The molecule has 4 rings (SSSR count). The lowest BCUT2D eigenvalue weighted by Crippen LogP contribution is -2.21. The summed E-state index contributed by atoms with van der Waals surface area (Å²) in [5.41, 5.74) is 12.1. The van der Waals surface area contributed by atoms with Gasteiger partial charge in [-0.1, -0.05) is 41.4 Å². The maximum Gasteiger partial charge on any atom is 0.0975 e. The van der Waals surface area contributed by atoms with Crippen molar-refractivity contribution >= 4 is 23.2 Å². The maximum atomic E-state index is 9.77. The van der Waals surface area contributed by atoms with E-state index in [1.165, 1.54) is 0 Å². The summed E-state index contributed by atoms with van der Waals surface area (Å²) in [6, 6.07) is 17.4. The molecule has 1 aromatic heterocycles. The topological polar surface area (TPSA) is 67.6 Å². The van der Waals surface area contributed by atoms with Crippen molar-refractivity contribution in [1.29, 1.82) is 5.26 Å². The number of aryl methyl sites for hydroxylation is 1. The highest BCUT2D eigenvalue weighted by Crippen LogP contribution is 2.41. The Labute approximate surface area is 167 Å². The van der Waals surface area contributed by atoms with Crippen LogP contribution in [0.4, 0.5) is 0 Å². The summed E-state index contributed by atoms with van der Waals surface area (Å²) in [7, 11) is 0. The molecule has 0 saturated carbocycles. The minimum Gasteiger partial charge on any atom is -0.401 e. The van der Waals surface area contributed by atoms with Crippen molar-refractivity contribution in [1.82, 2.24) is 9.78 Å². The third-order valence-corrected chi connectivity index (χ3v) is 5.35. The highest BCUT2D eigenvalue weighted by molar-refractivity contribution is 6.30. The molecule has 0 radical (unpaired) electrons. The Balaban J connectivity index is 1.95. The summed E-state index contributed by atoms with van der Waals surface area (Å²) in [6.45, 7) is 1.96. The van der Waals surface area contributed by atoms with Crippen molar-refractivity contribution in [3.8, 4) is 11.8 Å². The number of hydrogen-bond donors (Lipinski definition) is 1. The number of allylic oxidation sites excluding steroid dienone is 2. The summed E-state index contributed by atoms with van der Waals surface area (Å²) in [4.78, 5) is 0. The molecule has 1 aliphatic rings. The van der Waals surface area contributed by atoms with Crippen LogP contribution in [0.15, 0.2) is 59.8 Å². The molecule has 1 unspecified atom stereocenters. The van der Waals surface area contributed by atoms with E-state index in [1.54, 1.807) is 0 Å². The van der Waals surface area contributed by atoms with Gasteiger partial charge < -0.3 is 5.73 Å². The average molecular weight is 395 g/mol. The monoisotopic (exact) mass is 394 g/mol. The maximum absolute atomic E-state index is 9.77. The normalized spacial score (nSPS) is 16.1. The highest BCUT2D eigenvalue weighted by Gasteiger charge is 2.33. The van der Waals surface area contributed by atoms with Crippen LogP contribution in [-0.4, -0.2) is 9.78 Å². The minimum absolute atomic E-state index is 0.260. The van der Waals surface area contributed by atoms with Crippen LogP contribution in [0.2, 0.25) is 10.0 Å². The molecule has 3 aromatic rings. The molecule has 0 bridgehead atoms. The van der Waals surface area contributed by atoms with E-state index in [9.17, 15) is 5.26 Å². The number of nitrogens with zero attached hydrogens (tertiary/aromatic N) is 3. The van der Waals surface area contributed by atoms with E-state index in [2.05, 4.69) is 6.07 Å². The molecule has 2 N–H and O–H groups in total. The number of nitriles is 1. The average Bonchev–Trinajstić information content (AvgIpc) is 2.97. The molecule has 0 amide bonds. The fourth-order valence-electron chi connectivity index (χ4n) is 3.68. The van der Waals surface area contributed by atoms with Gasteiger partial charge in [0.05, 0.1) is 28.7 Å². The number of rotatable bonds is 2. The summed E-state index contributed by atoms with van der Waals surface area (Å²) in [6.07, 6.45) is 0.468. The Morgan fingerprint density at radius 2 is 1.89 bits per heavy atom. The fourth-order valence-corrected chi connectivity index (χ4v) is 3.99. The number of halogens is 2. The lowest BCUT2D eigenvalue weighted by Gasteiger charge is -2.25. The van der Waals surface area contributed by atoms with E-state index < -0.39 is 0 Å². The van der Waals surface area contributed by atoms with E-state index in [0.717, 1.165) is 28.2 Å². The lowest BCUT2D eigenvalue weighted by molar-refractivity contribution is 0.781. The predicted molar refractivity (Wildman–Crippen MR) is 107 cm³/mol. The first-order chi connectivity index (χ1) is 13.0. The summed E-state index contributed by atoms with van der Waals surface area (Å²) in [5.74, 6) is -0.260. The van der Waals surface area contributed by atoms with Crippen LogP contribution in [0.1, 0.15) is 28.4 Å². The minimum atomic E-state index is -0.260. The van der Waals surface area contributed by atoms with E-state index in [1.807, 2.05) is 60.1 Å². The molecule has 4 nitrogen and oxygen atoms in total. The molecule has 0 saturated heterocycles. The molecule has 0 fully saturated rings. The van der Waals surface area contributed by atoms with Crippen LogP contribution >= 0.6 is 23.2 Å². The van der Waals surface area contributed by atoms with E-state index in [4.69, 9.17) is 34.0 Å². The second kappa shape index (κ2) is 6.77. The third kappa shape index (κ3) is 2.99. The summed E-state index contributed by atoms with van der Waals surface area (Å²) < 4.78 is 1.88. The molecule has 134 valence electrons. The molecule has 6 heteroatoms. The first kappa shape index (κ1) is 17.7. The van der Waals surface area contributed by atoms with Gasteiger partial charge in [-0.05, 0) is 42.8 Å². The molecule has 2 aromatic carbocycles. The number of nitrogens with two attached hydrogens (primary N) is 1. The van der Waals surface area contributed by atoms with Gasteiger partial charge in [0, 0.05) is 33.6 Å². The van der Waals surface area contributed by atoms with E-state index in [0.29, 0.717) is 27.7 Å². The zero-order chi connectivity index (χ0) is 19.1. The number of hydrogen-bond acceptors (Lipinski definition) is 3. The second-order valence-electron chi connectivity index (χ2n) is 6.55. The fraction of sp³-hybridized carbons (Fsp3) is 0.143. The van der Waals surface area contributed by atoms with Crippen LogP contribution in [-0.2, 0) is 6.42 Å². The molecule has 1 aliphatic carbocycles. The Morgan fingerprint density at radius 3 is 2.56 bits per heavy atom. The third-order valence-electron chi connectivity index (χ3n) is 4.86. The van der Waals surface area contributed by atoms with E-state index >= 15 is 0 Å². The van der Waals surface area contributed by atoms with Crippen LogP contribution in [0.3, 0.4) is 0 Å². The largest absolute Gasteiger partial charge is 0.401 e. The van der Waals surface area contributed by atoms with Gasteiger partial charge in [0.15, 0.2) is 0 Å². The van der Waals surface area contributed by atoms with Gasteiger partial charge in [0.1, 0.15) is 0 Å². The van der Waals surface area contributed by atoms with Crippen molar-refractivity contribution < 1.29 is 0 Å². The standard InChI is InChI=1S/C21H16Cl2N4/c1-12-20-19(27(26-12)16-4-2-3-15(23)9-16)10-18(25)17(11-24)21(20)13-5-7-14(22)8-6-13/h2-9,21H,10,25H2,1H3. The smallest absolute Gasteiger partial charge is 0.0975 e. The van der Waals surface area contributed by atoms with Crippen molar-refractivity contribution in [2.45, 2.75) is 19.3 Å². The summed E-state index contributed by atoms with van der Waals surface area (Å²) >= 11 is 12.2. The Hall–Kier alpha value is -2.74. The van der Waals surface area contributed by atoms with Crippen molar-refractivity contribution in [2.24, 2.45) is 5.73 Å². The molecule has 0 aliphatic heterocycles. The first-order valence-electron chi connectivity index (χ1n) is 8.48. The molecular formula is C21H16Cl2N4. The van der Waals surface area contributed by atoms with Crippen LogP contribution < -0.4 is 5.73 Å². The van der Waals surface area contributed by atoms with Gasteiger partial charge in [-0.3, -0.25) is 0 Å². The van der Waals surface area contributed by atoms with Gasteiger partial charge in [-0.25, -0.2) is 4.68 Å². The Bertz CT molecular complexity index is 1100. The second-order valence-corrected chi connectivity index (χ2v) is 7.42. The Kier molecular flexibility index (Phi) is 4.43. The zero-order valence-corrected chi connectivity index (χ0v) is 16.1. The molecule has 1 atom stereocenters. The molecule has 0 spiro atoms. The van der Waals surface area contributed by atoms with Crippen LogP contribution in [0.25, 0.3) is 5.69 Å². The number of benzene rings is 2. The van der Waals surface area contributed by atoms with Crippen LogP contribution in [0, 0.1) is 18.3 Å². The van der Waals surface area contributed by atoms with Crippen molar-refractivity contribution in [3.05, 3.63) is 92.4 Å². The van der Waals surface area contributed by atoms with Gasteiger partial charge in [0.25, 0.3) is 0 Å². The Morgan fingerprint density at radius 1 is 1.15 bits per heavy atom. The zero-order valence-electron chi connectivity index (χ0n) is 14.6. The van der Waals surface area contributed by atoms with Crippen LogP contribution in [0.5, 0.6) is 0 Å². The molecular weight excluding hydrogens is 379 g/mol. The van der Waals surface area contributed by atoms with Gasteiger partial charge >= 0.3 is 0 Å². The quantitative estimate of drug-likeness (QED) is 0.670. The molecule has 1 heterocycles. The van der Waals surface area contributed by atoms with Gasteiger partial charge in [-0.15, -0.1) is 0 Å². The predicted octanol–water partition coefficient (Wildman–Crippen LogP) is 4.91. The summed E-state index contributed by atoms with van der Waals surface area (Å²) in [5, 5.41) is 15.8. The highest BCUT2D eigenvalue weighted by atomic mass is 35.5. The number of aromatic nitrogens is 2. The lowest BCUT2D eigenvalue weighted by atomic mass is 9.78. The van der Waals surface area contributed by atoms with Gasteiger partial charge in [-0.2, -0.15) is 10.4 Å². The van der Waals surface area contributed by atoms with Crippen molar-refractivity contribution in [2.75, 3.05) is 0 Å². The SMILES string of the molecule is Cc1nn(-c2cccc(Cl)c2)c2c1C(c1ccc(Cl)cc1)C(C#N)=C(N)C2. The van der Waals surface area contributed by atoms with E-state index in [-0.39, 0.29) is 5.92 Å². The number of fused-ring (bicyclic) bond motifs is 1. The van der Waals surface area contributed by atoms with Crippen molar-refractivity contribution in [3.63, 3.8) is 0 Å².